The van der Waals surface area contributed by atoms with E-state index in [1.165, 1.54) is 0 Å². The molecule has 0 aliphatic heterocycles. The molecule has 21 heavy (non-hydrogen) atoms. The summed E-state index contributed by atoms with van der Waals surface area (Å²) in [6.07, 6.45) is 0.232. The van der Waals surface area contributed by atoms with Crippen LogP contribution in [0.3, 0.4) is 0 Å². The van der Waals surface area contributed by atoms with Crippen LogP contribution in [0.4, 0.5) is 5.69 Å². The number of amides is 1. The largest absolute Gasteiger partial charge is 0.322 e. The van der Waals surface area contributed by atoms with E-state index in [9.17, 15) is 4.79 Å². The minimum absolute atomic E-state index is 0.172. The average Bonchev–Trinajstić information content (AvgIpc) is 2.48. The Morgan fingerprint density at radius 3 is 2.52 bits per heavy atom. The fourth-order valence-corrected chi connectivity index (χ4v) is 2.29. The molecule has 0 heterocycles. The van der Waals surface area contributed by atoms with E-state index in [4.69, 9.17) is 5.26 Å². The van der Waals surface area contributed by atoms with Crippen LogP contribution in [0.25, 0.3) is 0 Å². The van der Waals surface area contributed by atoms with E-state index in [1.807, 2.05) is 42.5 Å². The van der Waals surface area contributed by atoms with Crippen LogP contribution in [0.1, 0.15) is 41.3 Å². The second-order valence-electron chi connectivity index (χ2n) is 5.19. The first-order valence-corrected chi connectivity index (χ1v) is 6.98. The number of carbonyl (C=O) groups is 1. The number of hydrogen-bond donors (Lipinski definition) is 1. The molecule has 106 valence electrons. The molecule has 3 nitrogen and oxygen atoms in total. The van der Waals surface area contributed by atoms with E-state index < -0.39 is 0 Å². The molecular weight excluding hydrogens is 260 g/mol. The molecule has 0 spiro atoms. The first kappa shape index (κ1) is 14.8. The molecule has 3 heteroatoms. The Hall–Kier alpha value is -2.60. The van der Waals surface area contributed by atoms with Gasteiger partial charge >= 0.3 is 0 Å². The van der Waals surface area contributed by atoms with Gasteiger partial charge in [-0.05, 0) is 29.2 Å². The lowest BCUT2D eigenvalue weighted by atomic mass is 10.0. The summed E-state index contributed by atoms with van der Waals surface area (Å²) >= 11 is 0. The zero-order valence-corrected chi connectivity index (χ0v) is 12.3. The van der Waals surface area contributed by atoms with Crippen LogP contribution in [0, 0.1) is 11.3 Å². The predicted octanol–water partition coefficient (Wildman–Crippen LogP) is 4.13. The van der Waals surface area contributed by atoms with Crippen LogP contribution in [0.5, 0.6) is 0 Å². The van der Waals surface area contributed by atoms with E-state index >= 15 is 0 Å². The maximum atomic E-state index is 12.5. The van der Waals surface area contributed by atoms with Crippen LogP contribution >= 0.6 is 0 Å². The number of carbonyl (C=O) groups excluding carboxylic acids is 1. The summed E-state index contributed by atoms with van der Waals surface area (Å²) in [5.41, 5.74) is 3.23. The molecule has 0 fully saturated rings. The standard InChI is InChI=1S/C18H18N2O/c1-13(2)15-8-5-6-10-17(15)20-18(21)16-9-4-3-7-14(16)11-12-19/h3-10,13H,11H2,1-2H3,(H,20,21). The van der Waals surface area contributed by atoms with Gasteiger partial charge in [-0.15, -0.1) is 0 Å². The van der Waals surface area contributed by atoms with Gasteiger partial charge in [0.2, 0.25) is 0 Å². The summed E-state index contributed by atoms with van der Waals surface area (Å²) in [5, 5.41) is 11.8. The van der Waals surface area contributed by atoms with Crippen LogP contribution in [-0.2, 0) is 6.42 Å². The van der Waals surface area contributed by atoms with Crippen molar-refractivity contribution in [1.29, 1.82) is 5.26 Å². The molecule has 0 unspecified atom stereocenters. The minimum atomic E-state index is -0.172. The molecule has 0 aliphatic carbocycles. The van der Waals surface area contributed by atoms with E-state index in [1.54, 1.807) is 6.07 Å². The molecule has 0 saturated carbocycles. The molecule has 0 saturated heterocycles. The average molecular weight is 278 g/mol. The summed E-state index contributed by atoms with van der Waals surface area (Å²) in [6.45, 7) is 4.18. The van der Waals surface area contributed by atoms with E-state index in [0.717, 1.165) is 16.8 Å². The van der Waals surface area contributed by atoms with Gasteiger partial charge in [0.15, 0.2) is 0 Å². The normalized spacial score (nSPS) is 10.2. The van der Waals surface area contributed by atoms with Crippen LogP contribution in [0.2, 0.25) is 0 Å². The highest BCUT2D eigenvalue weighted by Gasteiger charge is 2.13. The minimum Gasteiger partial charge on any atom is -0.322 e. The van der Waals surface area contributed by atoms with Crippen molar-refractivity contribution in [2.24, 2.45) is 0 Å². The summed E-state index contributed by atoms with van der Waals surface area (Å²) in [6, 6.07) is 17.1. The third-order valence-electron chi connectivity index (χ3n) is 3.36. The van der Waals surface area contributed by atoms with Crippen molar-refractivity contribution in [1.82, 2.24) is 0 Å². The number of para-hydroxylation sites is 1. The molecule has 0 aliphatic rings. The number of rotatable bonds is 4. The van der Waals surface area contributed by atoms with Gasteiger partial charge in [-0.25, -0.2) is 0 Å². The highest BCUT2D eigenvalue weighted by Crippen LogP contribution is 2.24. The van der Waals surface area contributed by atoms with Gasteiger partial charge in [-0.1, -0.05) is 50.2 Å². The number of nitrogens with zero attached hydrogens (tertiary/aromatic N) is 1. The molecule has 1 amide bonds. The Balaban J connectivity index is 2.29. The Morgan fingerprint density at radius 2 is 1.81 bits per heavy atom. The quantitative estimate of drug-likeness (QED) is 0.914. The maximum absolute atomic E-state index is 12.5. The number of hydrogen-bond acceptors (Lipinski definition) is 2. The molecular formula is C18H18N2O. The predicted molar refractivity (Wildman–Crippen MR) is 84.2 cm³/mol. The highest BCUT2D eigenvalue weighted by atomic mass is 16.1. The molecule has 2 rings (SSSR count). The van der Waals surface area contributed by atoms with E-state index in [-0.39, 0.29) is 12.3 Å². The third kappa shape index (κ3) is 3.49. The topological polar surface area (TPSA) is 52.9 Å². The lowest BCUT2D eigenvalue weighted by molar-refractivity contribution is 0.102. The number of nitrogens with one attached hydrogen (secondary N) is 1. The van der Waals surface area contributed by atoms with Crippen LogP contribution in [-0.4, -0.2) is 5.91 Å². The van der Waals surface area contributed by atoms with Gasteiger partial charge in [-0.3, -0.25) is 4.79 Å². The van der Waals surface area contributed by atoms with Gasteiger partial charge in [0, 0.05) is 11.3 Å². The number of anilines is 1. The number of nitriles is 1. The van der Waals surface area contributed by atoms with Gasteiger partial charge in [0.25, 0.3) is 5.91 Å². The van der Waals surface area contributed by atoms with E-state index in [0.29, 0.717) is 11.5 Å². The first-order valence-electron chi connectivity index (χ1n) is 6.98. The maximum Gasteiger partial charge on any atom is 0.255 e. The fourth-order valence-electron chi connectivity index (χ4n) is 2.29. The zero-order chi connectivity index (χ0) is 15.2. The first-order chi connectivity index (χ1) is 10.1. The van der Waals surface area contributed by atoms with Crippen molar-refractivity contribution in [2.75, 3.05) is 5.32 Å². The van der Waals surface area contributed by atoms with Crippen molar-refractivity contribution in [3.8, 4) is 6.07 Å². The molecule has 2 aromatic carbocycles. The summed E-state index contributed by atoms with van der Waals surface area (Å²) < 4.78 is 0. The molecule has 2 aromatic rings. The third-order valence-corrected chi connectivity index (χ3v) is 3.36. The Morgan fingerprint density at radius 1 is 1.14 bits per heavy atom. The Bertz CT molecular complexity index is 684. The summed E-state index contributed by atoms with van der Waals surface area (Å²) in [5.74, 6) is 0.157. The van der Waals surface area contributed by atoms with Crippen LogP contribution < -0.4 is 5.32 Å². The summed E-state index contributed by atoms with van der Waals surface area (Å²) in [4.78, 5) is 12.5. The van der Waals surface area contributed by atoms with E-state index in [2.05, 4.69) is 25.2 Å². The molecule has 1 N–H and O–H groups in total. The van der Waals surface area contributed by atoms with Crippen molar-refractivity contribution in [2.45, 2.75) is 26.2 Å². The zero-order valence-electron chi connectivity index (χ0n) is 12.3. The summed E-state index contributed by atoms with van der Waals surface area (Å²) in [7, 11) is 0. The van der Waals surface area contributed by atoms with Crippen molar-refractivity contribution in [3.05, 3.63) is 65.2 Å². The fraction of sp³-hybridized carbons (Fsp3) is 0.222. The second-order valence-corrected chi connectivity index (χ2v) is 5.19. The van der Waals surface area contributed by atoms with Gasteiger partial charge in [0.05, 0.1) is 12.5 Å². The molecule has 0 bridgehead atoms. The van der Waals surface area contributed by atoms with Crippen molar-refractivity contribution in [3.63, 3.8) is 0 Å². The van der Waals surface area contributed by atoms with Crippen molar-refractivity contribution >= 4 is 11.6 Å². The molecule has 0 radical (unpaired) electrons. The smallest absolute Gasteiger partial charge is 0.255 e. The van der Waals surface area contributed by atoms with Gasteiger partial charge in [0.1, 0.15) is 0 Å². The monoisotopic (exact) mass is 278 g/mol. The lowest BCUT2D eigenvalue weighted by Gasteiger charge is -2.14. The van der Waals surface area contributed by atoms with Gasteiger partial charge in [-0.2, -0.15) is 5.26 Å². The second kappa shape index (κ2) is 6.71. The van der Waals surface area contributed by atoms with Crippen molar-refractivity contribution < 1.29 is 4.79 Å². The Labute approximate surface area is 125 Å². The SMILES string of the molecule is CC(C)c1ccccc1NC(=O)c1ccccc1CC#N. The molecule has 0 atom stereocenters. The lowest BCUT2D eigenvalue weighted by Crippen LogP contribution is -2.15. The Kier molecular flexibility index (Phi) is 4.73. The van der Waals surface area contributed by atoms with Crippen LogP contribution in [0.15, 0.2) is 48.5 Å². The van der Waals surface area contributed by atoms with Gasteiger partial charge < -0.3 is 5.32 Å². The number of benzene rings is 2. The highest BCUT2D eigenvalue weighted by molar-refractivity contribution is 6.05. The molecule has 0 aromatic heterocycles.